The summed E-state index contributed by atoms with van der Waals surface area (Å²) in [7, 11) is 1.91. The summed E-state index contributed by atoms with van der Waals surface area (Å²) in [4.78, 5) is 12.0. The SMILES string of the molecule is CN1C=C2CC(c3ccccc3)NC(=O)C2N1. The minimum atomic E-state index is -0.181. The van der Waals surface area contributed by atoms with Crippen LogP contribution in [0.25, 0.3) is 0 Å². The van der Waals surface area contributed by atoms with E-state index in [2.05, 4.69) is 22.9 Å². The summed E-state index contributed by atoms with van der Waals surface area (Å²) in [5, 5.41) is 4.91. The van der Waals surface area contributed by atoms with Crippen molar-refractivity contribution in [2.24, 2.45) is 0 Å². The molecule has 2 aliphatic rings. The molecule has 2 atom stereocenters. The average Bonchev–Trinajstić information content (AvgIpc) is 2.71. The molecule has 1 aromatic carbocycles. The monoisotopic (exact) mass is 229 g/mol. The number of carbonyl (C=O) groups excluding carboxylic acids is 1. The van der Waals surface area contributed by atoms with Crippen molar-refractivity contribution >= 4 is 5.91 Å². The van der Waals surface area contributed by atoms with E-state index in [9.17, 15) is 4.79 Å². The van der Waals surface area contributed by atoms with E-state index >= 15 is 0 Å². The van der Waals surface area contributed by atoms with Gasteiger partial charge in [0.2, 0.25) is 5.91 Å². The fourth-order valence-corrected chi connectivity index (χ4v) is 2.47. The van der Waals surface area contributed by atoms with Crippen molar-refractivity contribution in [1.82, 2.24) is 15.8 Å². The Morgan fingerprint density at radius 3 is 2.82 bits per heavy atom. The third kappa shape index (κ3) is 1.80. The molecule has 2 heterocycles. The highest BCUT2D eigenvalue weighted by Gasteiger charge is 2.36. The summed E-state index contributed by atoms with van der Waals surface area (Å²) in [5.74, 6) is 0.0562. The Kier molecular flexibility index (Phi) is 2.37. The van der Waals surface area contributed by atoms with E-state index in [1.54, 1.807) is 0 Å². The predicted molar refractivity (Wildman–Crippen MR) is 64.7 cm³/mol. The zero-order valence-electron chi connectivity index (χ0n) is 9.68. The largest absolute Gasteiger partial charge is 0.347 e. The van der Waals surface area contributed by atoms with Crippen molar-refractivity contribution in [3.8, 4) is 0 Å². The van der Waals surface area contributed by atoms with Crippen LogP contribution in [0.3, 0.4) is 0 Å². The van der Waals surface area contributed by atoms with Gasteiger partial charge < -0.3 is 10.3 Å². The number of nitrogens with zero attached hydrogens (tertiary/aromatic N) is 1. The fraction of sp³-hybridized carbons (Fsp3) is 0.308. The molecule has 0 spiro atoms. The van der Waals surface area contributed by atoms with Gasteiger partial charge in [0.1, 0.15) is 6.04 Å². The molecule has 2 aliphatic heterocycles. The topological polar surface area (TPSA) is 44.4 Å². The Morgan fingerprint density at radius 1 is 1.29 bits per heavy atom. The Labute approximate surface area is 100 Å². The van der Waals surface area contributed by atoms with E-state index < -0.39 is 0 Å². The second kappa shape index (κ2) is 3.89. The van der Waals surface area contributed by atoms with Gasteiger partial charge in [0.05, 0.1) is 6.04 Å². The number of hydrogen-bond acceptors (Lipinski definition) is 3. The summed E-state index contributed by atoms with van der Waals surface area (Å²) in [6.07, 6.45) is 2.89. The van der Waals surface area contributed by atoms with Gasteiger partial charge in [0.25, 0.3) is 0 Å². The highest BCUT2D eigenvalue weighted by molar-refractivity contribution is 5.87. The molecule has 0 aromatic heterocycles. The molecule has 2 unspecified atom stereocenters. The number of rotatable bonds is 1. The molecule has 17 heavy (non-hydrogen) atoms. The quantitative estimate of drug-likeness (QED) is 0.753. The molecule has 1 fully saturated rings. The van der Waals surface area contributed by atoms with Crippen molar-refractivity contribution in [2.75, 3.05) is 7.05 Å². The van der Waals surface area contributed by atoms with Crippen LogP contribution in [0.4, 0.5) is 0 Å². The van der Waals surface area contributed by atoms with E-state index in [1.807, 2.05) is 36.5 Å². The first-order valence-corrected chi connectivity index (χ1v) is 5.79. The molecule has 0 aliphatic carbocycles. The number of fused-ring (bicyclic) bond motifs is 1. The lowest BCUT2D eigenvalue weighted by molar-refractivity contribution is -0.124. The lowest BCUT2D eigenvalue weighted by Gasteiger charge is -2.29. The molecule has 3 rings (SSSR count). The van der Waals surface area contributed by atoms with Gasteiger partial charge in [0, 0.05) is 13.2 Å². The van der Waals surface area contributed by atoms with Crippen molar-refractivity contribution in [3.05, 3.63) is 47.7 Å². The molecule has 0 saturated carbocycles. The van der Waals surface area contributed by atoms with Crippen LogP contribution < -0.4 is 10.7 Å². The van der Waals surface area contributed by atoms with Crippen LogP contribution in [0.2, 0.25) is 0 Å². The first-order valence-electron chi connectivity index (χ1n) is 5.79. The Morgan fingerprint density at radius 2 is 2.06 bits per heavy atom. The Balaban J connectivity index is 1.86. The van der Waals surface area contributed by atoms with Gasteiger partial charge in [-0.1, -0.05) is 30.3 Å². The van der Waals surface area contributed by atoms with Crippen LogP contribution in [0.1, 0.15) is 18.0 Å². The van der Waals surface area contributed by atoms with Crippen molar-refractivity contribution < 1.29 is 4.79 Å². The van der Waals surface area contributed by atoms with Crippen LogP contribution in [-0.2, 0) is 4.79 Å². The van der Waals surface area contributed by atoms with E-state index in [1.165, 1.54) is 0 Å². The van der Waals surface area contributed by atoms with Crippen LogP contribution in [0, 0.1) is 0 Å². The summed E-state index contributed by atoms with van der Waals surface area (Å²) in [6.45, 7) is 0. The molecular formula is C13H15N3O. The molecular weight excluding hydrogens is 214 g/mol. The lowest BCUT2D eigenvalue weighted by Crippen LogP contribution is -2.50. The molecule has 1 amide bonds. The van der Waals surface area contributed by atoms with E-state index in [-0.39, 0.29) is 18.0 Å². The number of hydrazine groups is 1. The van der Waals surface area contributed by atoms with E-state index in [0.29, 0.717) is 0 Å². The fourth-order valence-electron chi connectivity index (χ4n) is 2.47. The molecule has 4 heteroatoms. The molecule has 0 radical (unpaired) electrons. The third-order valence-electron chi connectivity index (χ3n) is 3.28. The molecule has 4 nitrogen and oxygen atoms in total. The highest BCUT2D eigenvalue weighted by Crippen LogP contribution is 2.29. The molecule has 1 aromatic rings. The summed E-state index contributed by atoms with van der Waals surface area (Å²) in [5.41, 5.74) is 5.43. The first kappa shape index (κ1) is 10.4. The zero-order valence-corrected chi connectivity index (χ0v) is 9.68. The first-order chi connectivity index (χ1) is 8.24. The van der Waals surface area contributed by atoms with Gasteiger partial charge in [-0.05, 0) is 17.6 Å². The van der Waals surface area contributed by atoms with Gasteiger partial charge >= 0.3 is 0 Å². The number of nitrogens with one attached hydrogen (secondary N) is 2. The summed E-state index contributed by atoms with van der Waals surface area (Å²) < 4.78 is 0. The second-order valence-corrected chi connectivity index (χ2v) is 4.55. The van der Waals surface area contributed by atoms with Gasteiger partial charge in [-0.15, -0.1) is 0 Å². The molecule has 0 bridgehead atoms. The van der Waals surface area contributed by atoms with Gasteiger partial charge in [-0.2, -0.15) is 0 Å². The lowest BCUT2D eigenvalue weighted by atomic mass is 9.91. The number of piperidine rings is 1. The summed E-state index contributed by atoms with van der Waals surface area (Å²) in [6, 6.07) is 10.0. The van der Waals surface area contributed by atoms with E-state index in [0.717, 1.165) is 17.6 Å². The number of benzene rings is 1. The van der Waals surface area contributed by atoms with Gasteiger partial charge in [0.15, 0.2) is 0 Å². The predicted octanol–water partition coefficient (Wildman–Crippen LogP) is 0.950. The maximum atomic E-state index is 12.0. The Bertz CT molecular complexity index is 469. The van der Waals surface area contributed by atoms with Crippen LogP contribution >= 0.6 is 0 Å². The maximum Gasteiger partial charge on any atom is 0.243 e. The van der Waals surface area contributed by atoms with E-state index in [4.69, 9.17) is 0 Å². The number of amides is 1. The smallest absolute Gasteiger partial charge is 0.243 e. The van der Waals surface area contributed by atoms with Gasteiger partial charge in [-0.25, -0.2) is 5.43 Å². The van der Waals surface area contributed by atoms with Crippen LogP contribution in [-0.4, -0.2) is 24.0 Å². The van der Waals surface area contributed by atoms with Gasteiger partial charge in [-0.3, -0.25) is 4.79 Å². The van der Waals surface area contributed by atoms with Crippen LogP contribution in [0.5, 0.6) is 0 Å². The third-order valence-corrected chi connectivity index (χ3v) is 3.28. The highest BCUT2D eigenvalue weighted by atomic mass is 16.2. The zero-order chi connectivity index (χ0) is 11.8. The standard InChI is InChI=1S/C13H15N3O/c1-16-8-10-7-11(9-5-3-2-4-6-9)14-13(17)12(10)15-16/h2-6,8,11-12,15H,7H2,1H3,(H,14,17). The molecule has 88 valence electrons. The maximum absolute atomic E-state index is 12.0. The Hall–Kier alpha value is -1.81. The normalized spacial score (nSPS) is 27.5. The van der Waals surface area contributed by atoms with Crippen molar-refractivity contribution in [3.63, 3.8) is 0 Å². The average molecular weight is 229 g/mol. The van der Waals surface area contributed by atoms with Crippen molar-refractivity contribution in [1.29, 1.82) is 0 Å². The molecule has 1 saturated heterocycles. The van der Waals surface area contributed by atoms with Crippen LogP contribution in [0.15, 0.2) is 42.1 Å². The number of carbonyl (C=O) groups is 1. The van der Waals surface area contributed by atoms with Crippen molar-refractivity contribution in [2.45, 2.75) is 18.5 Å². The minimum Gasteiger partial charge on any atom is -0.347 e. The number of hydrogen-bond donors (Lipinski definition) is 2. The second-order valence-electron chi connectivity index (χ2n) is 4.55. The minimum absolute atomic E-state index is 0.0562. The summed E-state index contributed by atoms with van der Waals surface area (Å²) >= 11 is 0. The molecule has 2 N–H and O–H groups in total.